The van der Waals surface area contributed by atoms with Gasteiger partial charge in [-0.1, -0.05) is 5.10 Å². The van der Waals surface area contributed by atoms with Gasteiger partial charge in [-0.05, 0) is 5.92 Å². The smallest absolute Gasteiger partial charge is 0.293 e. The van der Waals surface area contributed by atoms with Crippen molar-refractivity contribution in [2.75, 3.05) is 0 Å². The van der Waals surface area contributed by atoms with E-state index in [4.69, 9.17) is 11.5 Å². The molecule has 0 saturated carbocycles. The summed E-state index contributed by atoms with van der Waals surface area (Å²) in [5.74, 6) is 2.37. The van der Waals surface area contributed by atoms with Gasteiger partial charge in [-0.3, -0.25) is 0 Å². The van der Waals surface area contributed by atoms with Gasteiger partial charge < -0.3 is 9.52 Å². The molecule has 0 aliphatic heterocycles. The highest BCUT2D eigenvalue weighted by molar-refractivity contribution is 5.09. The quantitative estimate of drug-likeness (QED) is 0.515. The monoisotopic (exact) mass is 124 g/mol. The number of terminal acetylenes is 1. The second kappa shape index (κ2) is 2.29. The fraction of sp³-hybridized carbons (Fsp3) is 0.200. The number of hydrogen-bond donors (Lipinski definition) is 1. The molecule has 1 aromatic rings. The molecular formula is C5H4N2O2. The van der Waals surface area contributed by atoms with Crippen LogP contribution in [0.25, 0.3) is 0 Å². The van der Waals surface area contributed by atoms with Crippen molar-refractivity contribution in [2.45, 2.75) is 6.61 Å². The van der Waals surface area contributed by atoms with Crippen LogP contribution in [0.1, 0.15) is 11.8 Å². The maximum absolute atomic E-state index is 8.38. The van der Waals surface area contributed by atoms with Gasteiger partial charge in [0.15, 0.2) is 0 Å². The first kappa shape index (κ1) is 5.79. The van der Waals surface area contributed by atoms with E-state index in [1.807, 2.05) is 0 Å². The van der Waals surface area contributed by atoms with E-state index in [1.165, 1.54) is 0 Å². The summed E-state index contributed by atoms with van der Waals surface area (Å²) in [4.78, 5) is 0. The minimum absolute atomic E-state index is 0.0963. The van der Waals surface area contributed by atoms with E-state index in [9.17, 15) is 0 Å². The molecule has 1 aromatic heterocycles. The highest BCUT2D eigenvalue weighted by atomic mass is 16.4. The molecule has 1 N–H and O–H groups in total. The Balaban J connectivity index is 2.90. The molecule has 0 atom stereocenters. The average molecular weight is 124 g/mol. The third-order valence-electron chi connectivity index (χ3n) is 0.726. The summed E-state index contributed by atoms with van der Waals surface area (Å²) in [6, 6.07) is 0. The molecule has 0 radical (unpaired) electrons. The Kier molecular flexibility index (Phi) is 1.47. The number of aliphatic hydroxyl groups is 1. The summed E-state index contributed by atoms with van der Waals surface area (Å²) in [6.07, 6.45) is 4.89. The molecular weight excluding hydrogens is 120 g/mol. The molecule has 0 amide bonds. The van der Waals surface area contributed by atoms with E-state index in [-0.39, 0.29) is 18.4 Å². The predicted molar refractivity (Wildman–Crippen MR) is 28.2 cm³/mol. The van der Waals surface area contributed by atoms with Crippen LogP contribution in [0.4, 0.5) is 0 Å². The second-order valence-corrected chi connectivity index (χ2v) is 1.30. The lowest BCUT2D eigenvalue weighted by Crippen LogP contribution is -1.79. The molecule has 0 fully saturated rings. The van der Waals surface area contributed by atoms with Crippen LogP contribution in [-0.4, -0.2) is 15.3 Å². The zero-order chi connectivity index (χ0) is 6.69. The van der Waals surface area contributed by atoms with Crippen molar-refractivity contribution in [3.05, 3.63) is 11.8 Å². The van der Waals surface area contributed by atoms with Gasteiger partial charge in [-0.25, -0.2) is 0 Å². The fourth-order valence-electron chi connectivity index (χ4n) is 0.376. The van der Waals surface area contributed by atoms with Gasteiger partial charge in [0.1, 0.15) is 6.61 Å². The lowest BCUT2D eigenvalue weighted by molar-refractivity contribution is 0.239. The van der Waals surface area contributed by atoms with Crippen molar-refractivity contribution in [3.63, 3.8) is 0 Å². The summed E-state index contributed by atoms with van der Waals surface area (Å²) >= 11 is 0. The summed E-state index contributed by atoms with van der Waals surface area (Å²) < 4.78 is 4.67. The molecule has 0 aromatic carbocycles. The van der Waals surface area contributed by atoms with E-state index in [0.717, 1.165) is 0 Å². The zero-order valence-corrected chi connectivity index (χ0v) is 4.53. The van der Waals surface area contributed by atoms with E-state index >= 15 is 0 Å². The van der Waals surface area contributed by atoms with Crippen LogP contribution in [-0.2, 0) is 6.61 Å². The standard InChI is InChI=1S/C5H4N2O2/c1-2-4-6-7-5(3-8)9-4/h1,8H,3H2. The van der Waals surface area contributed by atoms with Crippen molar-refractivity contribution in [1.29, 1.82) is 0 Å². The molecule has 1 rings (SSSR count). The minimum atomic E-state index is -0.269. The van der Waals surface area contributed by atoms with E-state index < -0.39 is 0 Å². The van der Waals surface area contributed by atoms with Crippen molar-refractivity contribution in [3.8, 4) is 12.3 Å². The van der Waals surface area contributed by atoms with Gasteiger partial charge in [-0.2, -0.15) is 0 Å². The molecule has 1 heterocycles. The van der Waals surface area contributed by atoms with E-state index in [0.29, 0.717) is 0 Å². The van der Waals surface area contributed by atoms with Gasteiger partial charge in [0.25, 0.3) is 5.89 Å². The molecule has 0 saturated heterocycles. The van der Waals surface area contributed by atoms with Gasteiger partial charge >= 0.3 is 0 Å². The van der Waals surface area contributed by atoms with Gasteiger partial charge in [-0.15, -0.1) is 11.5 Å². The first-order chi connectivity index (χ1) is 4.36. The number of rotatable bonds is 1. The normalized spacial score (nSPS) is 8.89. The van der Waals surface area contributed by atoms with Crippen LogP contribution >= 0.6 is 0 Å². The number of hydrogen-bond acceptors (Lipinski definition) is 4. The van der Waals surface area contributed by atoms with E-state index in [1.54, 1.807) is 0 Å². The Morgan fingerprint density at radius 3 is 2.78 bits per heavy atom. The summed E-state index contributed by atoms with van der Waals surface area (Å²) in [5, 5.41) is 15.2. The van der Waals surface area contributed by atoms with E-state index in [2.05, 4.69) is 20.5 Å². The van der Waals surface area contributed by atoms with Crippen LogP contribution in [0.2, 0.25) is 0 Å². The Morgan fingerprint density at radius 2 is 2.44 bits per heavy atom. The molecule has 46 valence electrons. The summed E-state index contributed by atoms with van der Waals surface area (Å²) in [5.41, 5.74) is 0. The van der Waals surface area contributed by atoms with Crippen molar-refractivity contribution >= 4 is 0 Å². The second-order valence-electron chi connectivity index (χ2n) is 1.30. The molecule has 0 bridgehead atoms. The highest BCUT2D eigenvalue weighted by Gasteiger charge is 1.98. The maximum atomic E-state index is 8.38. The SMILES string of the molecule is C#Cc1nnc(CO)o1. The topological polar surface area (TPSA) is 59.2 Å². The first-order valence-corrected chi connectivity index (χ1v) is 2.26. The van der Waals surface area contributed by atoms with Crippen LogP contribution < -0.4 is 0 Å². The molecule has 0 unspecified atom stereocenters. The van der Waals surface area contributed by atoms with Crippen LogP contribution in [0.5, 0.6) is 0 Å². The van der Waals surface area contributed by atoms with Gasteiger partial charge in [0, 0.05) is 0 Å². The van der Waals surface area contributed by atoms with Gasteiger partial charge in [0.2, 0.25) is 5.89 Å². The van der Waals surface area contributed by atoms with Gasteiger partial charge in [0.05, 0.1) is 0 Å². The zero-order valence-electron chi connectivity index (χ0n) is 4.53. The van der Waals surface area contributed by atoms with Crippen LogP contribution in [0.3, 0.4) is 0 Å². The van der Waals surface area contributed by atoms with Crippen molar-refractivity contribution in [1.82, 2.24) is 10.2 Å². The molecule has 9 heavy (non-hydrogen) atoms. The Morgan fingerprint density at radius 1 is 1.67 bits per heavy atom. The average Bonchev–Trinajstić information content (AvgIpc) is 2.34. The minimum Gasteiger partial charge on any atom is -0.412 e. The summed E-state index contributed by atoms with van der Waals surface area (Å²) in [6.45, 7) is -0.269. The largest absolute Gasteiger partial charge is 0.412 e. The first-order valence-electron chi connectivity index (χ1n) is 2.26. The third kappa shape index (κ3) is 1.06. The molecule has 4 heteroatoms. The number of aromatic nitrogens is 2. The predicted octanol–water partition coefficient (Wildman–Crippen LogP) is -0.457. The molecule has 0 spiro atoms. The highest BCUT2D eigenvalue weighted by Crippen LogP contribution is 1.95. The Labute approximate surface area is 51.5 Å². The summed E-state index contributed by atoms with van der Waals surface area (Å²) in [7, 11) is 0. The molecule has 0 aliphatic rings. The molecule has 4 nitrogen and oxygen atoms in total. The number of nitrogens with zero attached hydrogens (tertiary/aromatic N) is 2. The fourth-order valence-corrected chi connectivity index (χ4v) is 0.376. The van der Waals surface area contributed by atoms with Crippen molar-refractivity contribution < 1.29 is 9.52 Å². The third-order valence-corrected chi connectivity index (χ3v) is 0.726. The van der Waals surface area contributed by atoms with Crippen LogP contribution in [0.15, 0.2) is 4.42 Å². The Bertz CT molecular complexity index is 235. The lowest BCUT2D eigenvalue weighted by Gasteiger charge is -1.77. The van der Waals surface area contributed by atoms with Crippen molar-refractivity contribution in [2.24, 2.45) is 0 Å². The number of aliphatic hydroxyl groups excluding tert-OH is 1. The maximum Gasteiger partial charge on any atom is 0.293 e. The molecule has 0 aliphatic carbocycles. The Hall–Kier alpha value is -1.34. The van der Waals surface area contributed by atoms with Crippen LogP contribution in [0, 0.1) is 12.3 Å². The lowest BCUT2D eigenvalue weighted by atomic mass is 10.7.